The number of rotatable bonds is 96. The molecule has 1 aliphatic rings. The smallest absolute Gasteiger partial charge is 0.227 e. The van der Waals surface area contributed by atoms with Crippen LogP contribution in [-0.2, 0) is 160 Å². The number of para-hydroxylation sites is 1. The Balaban J connectivity index is 0.745. The monoisotopic (exact) mass is 1840 g/mol. The molecule has 0 aliphatic carbocycles. The highest BCUT2D eigenvalue weighted by Crippen LogP contribution is 2.41. The SMILES string of the molecule is CCCCNC(=O)CCC(=O)N1Cc2ccccc2-c2c(nnn2CCOCCOCCOCCOCCOCCOCCOCCOCCOCCOCCOCCOCCOCCOCCOCCOCCOCCOCCOCCOCCOCCOCCOCCOCCC(=O)NC(COCCC(=O)NCCO)COCCC(=O)NCCO)-c2ccccc21. The minimum atomic E-state index is -0.532. The van der Waals surface area contributed by atoms with E-state index in [0.29, 0.717) is 336 Å². The zero-order valence-electron chi connectivity index (χ0n) is 75.7. The molecule has 128 heavy (non-hydrogen) atoms. The summed E-state index contributed by atoms with van der Waals surface area (Å²) in [4.78, 5) is 64.1. The molecule has 6 N–H and O–H groups in total. The summed E-state index contributed by atoms with van der Waals surface area (Å²) in [7, 11) is 0. The molecule has 0 spiro atoms. The van der Waals surface area contributed by atoms with Gasteiger partial charge in [0.1, 0.15) is 5.69 Å². The topological polar surface area (TPSA) is 448 Å². The lowest BCUT2D eigenvalue weighted by molar-refractivity contribution is -0.126. The zero-order valence-corrected chi connectivity index (χ0v) is 75.7. The number of unbranched alkanes of at least 4 members (excludes halogenated alkanes) is 1. The summed E-state index contributed by atoms with van der Waals surface area (Å²) in [5, 5.41) is 37.7. The average molecular weight is 1840 g/mol. The van der Waals surface area contributed by atoms with E-state index in [9.17, 15) is 24.0 Å². The second kappa shape index (κ2) is 86.2. The number of amides is 5. The summed E-state index contributed by atoms with van der Waals surface area (Å²) in [5.41, 5.74) is 4.95. The molecule has 0 saturated heterocycles. The number of anilines is 1. The third-order valence-electron chi connectivity index (χ3n) is 17.8. The first-order valence-corrected chi connectivity index (χ1v) is 45.0. The van der Waals surface area contributed by atoms with Gasteiger partial charge >= 0.3 is 0 Å². The van der Waals surface area contributed by atoms with E-state index in [4.69, 9.17) is 133 Å². The number of carbonyl (C=O) groups excluding carboxylic acids is 5. The van der Waals surface area contributed by atoms with E-state index in [-0.39, 0.29) is 121 Å². The molecule has 2 aromatic carbocycles. The lowest BCUT2D eigenvalue weighted by Crippen LogP contribution is -2.42. The van der Waals surface area contributed by atoms with Gasteiger partial charge in [0.05, 0.1) is 387 Å². The molecule has 0 atom stereocenters. The number of hydrogen-bond acceptors (Lipinski definition) is 35. The summed E-state index contributed by atoms with van der Waals surface area (Å²) in [5.74, 6) is -1.07. The van der Waals surface area contributed by atoms with Gasteiger partial charge < -0.3 is 160 Å². The van der Waals surface area contributed by atoms with Crippen LogP contribution in [0.3, 0.4) is 0 Å². The second-order valence-corrected chi connectivity index (χ2v) is 27.9. The standard InChI is InChI=1S/C87H150N8O33/c1-2-3-17-88-81(98)12-13-85(102)94-73-76-8-4-5-9-78(76)87-86(79-10-6-7-11-80(79)94)92-93-95(87)20-26-104-28-30-106-32-34-108-36-38-110-40-42-112-44-46-114-48-50-116-52-54-118-56-58-120-60-62-122-64-66-124-68-70-126-72-71-125-69-67-123-65-63-121-61-59-119-57-55-117-53-51-115-49-47-113-45-43-111-41-39-109-37-35-107-33-31-105-29-27-103-23-16-84(101)91-77(74-127-24-14-82(99)89-18-21-96)75-128-25-15-83(100)90-19-22-97/h4-11,77,96-97H,2-3,12-75H2,1H3,(H,88,98)(H,89,99)(H,90,100)(H,91,101). The van der Waals surface area contributed by atoms with Gasteiger partial charge in [-0.15, -0.1) is 5.10 Å². The maximum absolute atomic E-state index is 13.8. The van der Waals surface area contributed by atoms with Crippen molar-refractivity contribution in [3.8, 4) is 22.5 Å². The van der Waals surface area contributed by atoms with Crippen molar-refractivity contribution in [3.05, 3.63) is 54.1 Å². The predicted octanol–water partition coefficient (Wildman–Crippen LogP) is 1.46. The van der Waals surface area contributed by atoms with Crippen LogP contribution in [0.4, 0.5) is 5.69 Å². The second-order valence-electron chi connectivity index (χ2n) is 27.9. The number of carbonyl (C=O) groups is 5. The Labute approximate surface area is 754 Å². The minimum Gasteiger partial charge on any atom is -0.395 e. The Morgan fingerprint density at radius 2 is 0.609 bits per heavy atom. The molecule has 0 unspecified atom stereocenters. The van der Waals surface area contributed by atoms with Crippen LogP contribution in [0.1, 0.15) is 57.4 Å². The van der Waals surface area contributed by atoms with Crippen LogP contribution in [0, 0.1) is 0 Å². The van der Waals surface area contributed by atoms with Crippen molar-refractivity contribution in [2.75, 3.05) is 381 Å². The molecule has 0 saturated carbocycles. The van der Waals surface area contributed by atoms with E-state index in [1.54, 1.807) is 4.90 Å². The fourth-order valence-corrected chi connectivity index (χ4v) is 11.3. The van der Waals surface area contributed by atoms with Crippen LogP contribution in [0.2, 0.25) is 0 Å². The highest BCUT2D eigenvalue weighted by Gasteiger charge is 2.30. The Hall–Kier alpha value is -6.19. The Kier molecular flexibility index (Phi) is 76.9. The highest BCUT2D eigenvalue weighted by atomic mass is 16.6. The summed E-state index contributed by atoms with van der Waals surface area (Å²) in [6.07, 6.45) is 2.37. The van der Waals surface area contributed by atoms with Gasteiger partial charge in [-0.05, 0) is 18.1 Å². The lowest BCUT2D eigenvalue weighted by atomic mass is 9.95. The van der Waals surface area contributed by atoms with Crippen molar-refractivity contribution < 1.29 is 157 Å². The van der Waals surface area contributed by atoms with E-state index in [0.717, 1.165) is 40.9 Å². The van der Waals surface area contributed by atoms with Crippen LogP contribution in [-0.4, -0.2) is 437 Å². The summed E-state index contributed by atoms with van der Waals surface area (Å²) < 4.78 is 147. The molecule has 1 aliphatic heterocycles. The van der Waals surface area contributed by atoms with Gasteiger partial charge in [0.15, 0.2) is 0 Å². The maximum atomic E-state index is 13.8. The highest BCUT2D eigenvalue weighted by molar-refractivity contribution is 6.01. The molecule has 41 heteroatoms. The Morgan fingerprint density at radius 3 is 0.945 bits per heavy atom. The van der Waals surface area contributed by atoms with Gasteiger partial charge in [-0.1, -0.05) is 61.0 Å². The molecule has 5 amide bonds. The molecule has 3 aromatic rings. The van der Waals surface area contributed by atoms with Crippen molar-refractivity contribution in [3.63, 3.8) is 0 Å². The molecule has 0 bridgehead atoms. The number of hydrogen-bond donors (Lipinski definition) is 6. The number of ether oxygens (including phenoxy) is 26. The van der Waals surface area contributed by atoms with Gasteiger partial charge in [-0.2, -0.15) is 0 Å². The zero-order chi connectivity index (χ0) is 91.0. The lowest BCUT2D eigenvalue weighted by Gasteiger charge is -2.28. The van der Waals surface area contributed by atoms with Gasteiger partial charge in [-0.3, -0.25) is 24.0 Å². The summed E-state index contributed by atoms with van der Waals surface area (Å²) in [6.45, 7) is 24.7. The van der Waals surface area contributed by atoms with Crippen LogP contribution in [0.5, 0.6) is 0 Å². The first kappa shape index (κ1) is 114. The quantitative estimate of drug-likeness (QED) is 0.0436. The molecule has 1 aromatic heterocycles. The average Bonchev–Trinajstić information content (AvgIpc) is 1.55. The van der Waals surface area contributed by atoms with Gasteiger partial charge in [0.25, 0.3) is 0 Å². The van der Waals surface area contributed by atoms with Crippen molar-refractivity contribution in [2.45, 2.75) is 71.0 Å². The van der Waals surface area contributed by atoms with Crippen LogP contribution < -0.4 is 26.2 Å². The predicted molar refractivity (Wildman–Crippen MR) is 467 cm³/mol. The molecular weight excluding hydrogens is 1680 g/mol. The van der Waals surface area contributed by atoms with E-state index in [1.807, 2.05) is 53.2 Å². The number of nitrogens with one attached hydrogen (secondary N) is 4. The van der Waals surface area contributed by atoms with E-state index in [1.165, 1.54) is 0 Å². The van der Waals surface area contributed by atoms with Crippen molar-refractivity contribution in [2.24, 2.45) is 0 Å². The molecule has 0 radical (unpaired) electrons. The number of nitrogens with zero attached hydrogens (tertiary/aromatic N) is 4. The Morgan fingerprint density at radius 1 is 0.328 bits per heavy atom. The minimum absolute atomic E-state index is 0.0773. The van der Waals surface area contributed by atoms with Gasteiger partial charge in [0, 0.05) is 62.9 Å². The molecule has 2 heterocycles. The molecule has 736 valence electrons. The van der Waals surface area contributed by atoms with Gasteiger partial charge in [0.2, 0.25) is 29.5 Å². The number of aliphatic hydroxyl groups is 2. The number of fused-ring (bicyclic) bond motifs is 5. The Bertz CT molecular complexity index is 3060. The number of aromatic nitrogens is 3. The first-order chi connectivity index (χ1) is 63.2. The van der Waals surface area contributed by atoms with E-state index in [2.05, 4.69) is 38.5 Å². The van der Waals surface area contributed by atoms with Crippen molar-refractivity contribution in [1.29, 1.82) is 0 Å². The molecular formula is C87H150N8O33. The van der Waals surface area contributed by atoms with Crippen LogP contribution in [0.15, 0.2) is 48.5 Å². The largest absolute Gasteiger partial charge is 0.395 e. The fourth-order valence-electron chi connectivity index (χ4n) is 11.3. The summed E-state index contributed by atoms with van der Waals surface area (Å²) in [6, 6.07) is 15.2. The molecule has 0 fully saturated rings. The number of benzene rings is 2. The van der Waals surface area contributed by atoms with E-state index < -0.39 is 6.04 Å². The first-order valence-electron chi connectivity index (χ1n) is 45.0. The third-order valence-corrected chi connectivity index (χ3v) is 17.8. The maximum Gasteiger partial charge on any atom is 0.227 e. The molecule has 4 rings (SSSR count). The van der Waals surface area contributed by atoms with Crippen LogP contribution in [0.25, 0.3) is 22.5 Å². The van der Waals surface area contributed by atoms with Gasteiger partial charge in [-0.25, -0.2) is 4.68 Å². The normalized spacial score (nSPS) is 11.9. The number of aliphatic hydroxyl groups excluding tert-OH is 2. The van der Waals surface area contributed by atoms with Crippen molar-refractivity contribution in [1.82, 2.24) is 36.3 Å². The fraction of sp³-hybridized carbons (Fsp3) is 0.782. The third kappa shape index (κ3) is 64.6. The van der Waals surface area contributed by atoms with Crippen LogP contribution >= 0.6 is 0 Å². The molecule has 41 nitrogen and oxygen atoms in total. The summed E-state index contributed by atoms with van der Waals surface area (Å²) >= 11 is 0. The van der Waals surface area contributed by atoms with E-state index >= 15 is 0 Å². The van der Waals surface area contributed by atoms with Crippen molar-refractivity contribution >= 4 is 35.2 Å².